The molecule has 2 aromatic carbocycles. The third-order valence-corrected chi connectivity index (χ3v) is 2.48. The third kappa shape index (κ3) is 1.77. The quantitative estimate of drug-likeness (QED) is 0.453. The van der Waals surface area contributed by atoms with Crippen LogP contribution < -0.4 is 0 Å². The zero-order valence-electron chi connectivity index (χ0n) is 8.88. The van der Waals surface area contributed by atoms with E-state index in [1.807, 2.05) is 0 Å². The van der Waals surface area contributed by atoms with Gasteiger partial charge in [0.05, 0.1) is 11.1 Å². The van der Waals surface area contributed by atoms with Crippen molar-refractivity contribution < 1.29 is 22.4 Å². The van der Waals surface area contributed by atoms with Gasteiger partial charge in [0.1, 0.15) is 0 Å². The summed E-state index contributed by atoms with van der Waals surface area (Å²) in [4.78, 5) is 10.4. The molecule has 0 bridgehead atoms. The Morgan fingerprint density at radius 2 is 1.28 bits per heavy atom. The predicted molar refractivity (Wildman–Crippen MR) is 57.1 cm³/mol. The largest absolute Gasteiger partial charge is 0.298 e. The standard InChI is InChI=1S/C13H6F4O/c14-10-8(6-18)11(15)13(17)9(12(10)16)7-4-2-1-3-5-7/h1-6H. The van der Waals surface area contributed by atoms with E-state index < -0.39 is 34.4 Å². The SMILES string of the molecule is O=Cc1c(F)c(F)c(-c2ccccc2)c(F)c1F. The molecule has 2 aromatic rings. The Morgan fingerprint density at radius 1 is 0.778 bits per heavy atom. The van der Waals surface area contributed by atoms with Crippen LogP contribution in [-0.4, -0.2) is 6.29 Å². The van der Waals surface area contributed by atoms with Crippen LogP contribution in [0.4, 0.5) is 17.6 Å². The molecule has 0 aliphatic heterocycles. The Hall–Kier alpha value is -2.17. The summed E-state index contributed by atoms with van der Waals surface area (Å²) in [5.74, 6) is -6.55. The molecule has 0 heterocycles. The molecule has 0 unspecified atom stereocenters. The van der Waals surface area contributed by atoms with Gasteiger partial charge in [0.2, 0.25) is 0 Å². The van der Waals surface area contributed by atoms with Gasteiger partial charge in [-0.3, -0.25) is 4.79 Å². The number of rotatable bonds is 2. The molecular weight excluding hydrogens is 248 g/mol. The first kappa shape index (κ1) is 12.3. The zero-order valence-corrected chi connectivity index (χ0v) is 8.88. The van der Waals surface area contributed by atoms with Gasteiger partial charge < -0.3 is 0 Å². The van der Waals surface area contributed by atoms with Crippen molar-refractivity contribution in [1.29, 1.82) is 0 Å². The lowest BCUT2D eigenvalue weighted by Gasteiger charge is -2.09. The minimum Gasteiger partial charge on any atom is -0.298 e. The molecule has 0 saturated carbocycles. The predicted octanol–water partition coefficient (Wildman–Crippen LogP) is 3.72. The maximum atomic E-state index is 13.6. The molecule has 0 N–H and O–H groups in total. The van der Waals surface area contributed by atoms with E-state index in [1.54, 1.807) is 6.07 Å². The van der Waals surface area contributed by atoms with Crippen LogP contribution in [0.5, 0.6) is 0 Å². The summed E-state index contributed by atoms with van der Waals surface area (Å²) in [6.45, 7) is 0. The van der Waals surface area contributed by atoms with Crippen molar-refractivity contribution in [2.75, 3.05) is 0 Å². The minimum atomic E-state index is -1.69. The first-order chi connectivity index (χ1) is 8.57. The summed E-state index contributed by atoms with van der Waals surface area (Å²) in [5, 5.41) is 0. The summed E-state index contributed by atoms with van der Waals surface area (Å²) in [6.07, 6.45) is -0.258. The first-order valence-electron chi connectivity index (χ1n) is 4.94. The fraction of sp³-hybridized carbons (Fsp3) is 0. The van der Waals surface area contributed by atoms with Gasteiger partial charge in [-0.25, -0.2) is 17.6 Å². The van der Waals surface area contributed by atoms with Crippen LogP contribution in [0.15, 0.2) is 30.3 Å². The van der Waals surface area contributed by atoms with Gasteiger partial charge in [0, 0.05) is 0 Å². The molecule has 0 aliphatic rings. The van der Waals surface area contributed by atoms with Crippen molar-refractivity contribution >= 4 is 6.29 Å². The molecule has 0 radical (unpaired) electrons. The Kier molecular flexibility index (Phi) is 3.14. The fourth-order valence-electron chi connectivity index (χ4n) is 1.61. The highest BCUT2D eigenvalue weighted by Gasteiger charge is 2.25. The number of hydrogen-bond donors (Lipinski definition) is 0. The van der Waals surface area contributed by atoms with E-state index in [2.05, 4.69) is 0 Å². The van der Waals surface area contributed by atoms with E-state index in [-0.39, 0.29) is 11.8 Å². The topological polar surface area (TPSA) is 17.1 Å². The summed E-state index contributed by atoms with van der Waals surface area (Å²) in [5.41, 5.74) is -2.08. The van der Waals surface area contributed by atoms with Gasteiger partial charge in [0.15, 0.2) is 29.6 Å². The molecule has 5 heteroatoms. The van der Waals surface area contributed by atoms with Gasteiger partial charge in [-0.15, -0.1) is 0 Å². The van der Waals surface area contributed by atoms with Crippen molar-refractivity contribution in [3.63, 3.8) is 0 Å². The summed E-state index contributed by atoms with van der Waals surface area (Å²) in [6, 6.07) is 7.14. The second-order valence-electron chi connectivity index (χ2n) is 3.53. The average molecular weight is 254 g/mol. The van der Waals surface area contributed by atoms with E-state index in [9.17, 15) is 22.4 Å². The van der Waals surface area contributed by atoms with E-state index in [1.165, 1.54) is 24.3 Å². The van der Waals surface area contributed by atoms with Gasteiger partial charge in [-0.2, -0.15) is 0 Å². The average Bonchev–Trinajstić information content (AvgIpc) is 2.39. The Labute approximate surface area is 99.7 Å². The lowest BCUT2D eigenvalue weighted by atomic mass is 10.0. The number of benzene rings is 2. The summed E-state index contributed by atoms with van der Waals surface area (Å²) >= 11 is 0. The first-order valence-corrected chi connectivity index (χ1v) is 4.94. The Morgan fingerprint density at radius 3 is 1.72 bits per heavy atom. The zero-order chi connectivity index (χ0) is 13.3. The molecular formula is C13H6F4O. The van der Waals surface area contributed by atoms with Gasteiger partial charge in [-0.05, 0) is 5.56 Å². The maximum absolute atomic E-state index is 13.6. The lowest BCUT2D eigenvalue weighted by Crippen LogP contribution is -2.05. The van der Waals surface area contributed by atoms with E-state index in [4.69, 9.17) is 0 Å². The second kappa shape index (κ2) is 4.60. The highest BCUT2D eigenvalue weighted by molar-refractivity contribution is 5.78. The molecule has 92 valence electrons. The number of carbonyl (C=O) groups excluding carboxylic acids is 1. The molecule has 18 heavy (non-hydrogen) atoms. The van der Waals surface area contributed by atoms with Crippen LogP contribution in [0.1, 0.15) is 10.4 Å². The smallest absolute Gasteiger partial charge is 0.173 e. The van der Waals surface area contributed by atoms with Crippen molar-refractivity contribution in [3.05, 3.63) is 59.2 Å². The molecule has 0 saturated heterocycles. The van der Waals surface area contributed by atoms with Crippen LogP contribution in [0.2, 0.25) is 0 Å². The van der Waals surface area contributed by atoms with Crippen LogP contribution in [0.3, 0.4) is 0 Å². The van der Waals surface area contributed by atoms with E-state index in [0.717, 1.165) is 0 Å². The normalized spacial score (nSPS) is 10.4. The van der Waals surface area contributed by atoms with Gasteiger partial charge in [-0.1, -0.05) is 30.3 Å². The van der Waals surface area contributed by atoms with Crippen molar-refractivity contribution in [2.45, 2.75) is 0 Å². The van der Waals surface area contributed by atoms with E-state index >= 15 is 0 Å². The fourth-order valence-corrected chi connectivity index (χ4v) is 1.61. The van der Waals surface area contributed by atoms with Crippen LogP contribution in [0, 0.1) is 23.3 Å². The molecule has 0 atom stereocenters. The minimum absolute atomic E-state index is 0.0113. The monoisotopic (exact) mass is 254 g/mol. The summed E-state index contributed by atoms with van der Waals surface area (Å²) in [7, 11) is 0. The van der Waals surface area contributed by atoms with Crippen molar-refractivity contribution in [3.8, 4) is 11.1 Å². The second-order valence-corrected chi connectivity index (χ2v) is 3.53. The molecule has 0 aromatic heterocycles. The van der Waals surface area contributed by atoms with Crippen LogP contribution in [-0.2, 0) is 0 Å². The maximum Gasteiger partial charge on any atom is 0.173 e. The molecule has 1 nitrogen and oxygen atoms in total. The number of halogens is 4. The highest BCUT2D eigenvalue weighted by Crippen LogP contribution is 2.31. The van der Waals surface area contributed by atoms with Gasteiger partial charge in [0.25, 0.3) is 0 Å². The van der Waals surface area contributed by atoms with Crippen LogP contribution >= 0.6 is 0 Å². The van der Waals surface area contributed by atoms with Crippen LogP contribution in [0.25, 0.3) is 11.1 Å². The third-order valence-electron chi connectivity index (χ3n) is 2.48. The van der Waals surface area contributed by atoms with E-state index in [0.29, 0.717) is 0 Å². The molecule has 0 amide bonds. The summed E-state index contributed by atoms with van der Waals surface area (Å²) < 4.78 is 54.0. The molecule has 0 spiro atoms. The number of hydrogen-bond acceptors (Lipinski definition) is 1. The molecule has 0 aliphatic carbocycles. The Bertz CT molecular complexity index is 579. The Balaban J connectivity index is 2.82. The number of aldehydes is 1. The van der Waals surface area contributed by atoms with Gasteiger partial charge >= 0.3 is 0 Å². The number of carbonyl (C=O) groups is 1. The van der Waals surface area contributed by atoms with Crippen molar-refractivity contribution in [1.82, 2.24) is 0 Å². The molecule has 0 fully saturated rings. The van der Waals surface area contributed by atoms with Crippen molar-refractivity contribution in [2.24, 2.45) is 0 Å². The molecule has 2 rings (SSSR count). The highest BCUT2D eigenvalue weighted by atomic mass is 19.2. The lowest BCUT2D eigenvalue weighted by molar-refractivity contribution is 0.111.